The molecule has 29 heavy (non-hydrogen) atoms. The number of ether oxygens (including phenoxy) is 1. The van der Waals surface area contributed by atoms with Crippen LogP contribution in [0.2, 0.25) is 5.02 Å². The maximum absolute atomic E-state index is 12.3. The lowest BCUT2D eigenvalue weighted by atomic mass is 10.1. The van der Waals surface area contributed by atoms with Gasteiger partial charge in [-0.25, -0.2) is 5.43 Å². The van der Waals surface area contributed by atoms with Crippen LogP contribution in [0, 0.1) is 10.1 Å². The van der Waals surface area contributed by atoms with E-state index in [2.05, 4.69) is 26.5 Å². The molecule has 0 atom stereocenters. The number of carbonyl (C=O) groups excluding carboxylic acids is 1. The summed E-state index contributed by atoms with van der Waals surface area (Å²) in [6, 6.07) is 12.3. The van der Waals surface area contributed by atoms with Crippen molar-refractivity contribution >= 4 is 45.3 Å². The number of benzene rings is 2. The first-order chi connectivity index (χ1) is 13.9. The second-order valence-corrected chi connectivity index (χ2v) is 6.99. The quantitative estimate of drug-likeness (QED) is 0.303. The van der Waals surface area contributed by atoms with Gasteiger partial charge in [0, 0.05) is 22.2 Å². The van der Waals surface area contributed by atoms with Crippen LogP contribution in [0.5, 0.6) is 5.75 Å². The van der Waals surface area contributed by atoms with E-state index in [-0.39, 0.29) is 5.69 Å². The third-order valence-corrected chi connectivity index (χ3v) is 4.64. The van der Waals surface area contributed by atoms with E-state index < -0.39 is 10.8 Å². The molecule has 0 fully saturated rings. The first kappa shape index (κ1) is 20.6. The van der Waals surface area contributed by atoms with Crippen molar-refractivity contribution in [3.8, 4) is 17.1 Å². The summed E-state index contributed by atoms with van der Waals surface area (Å²) in [4.78, 5) is 22.7. The molecule has 0 unspecified atom stereocenters. The summed E-state index contributed by atoms with van der Waals surface area (Å²) in [5.41, 5.74) is 2.97. The summed E-state index contributed by atoms with van der Waals surface area (Å²) in [6.07, 6.45) is 1.30. The predicted octanol–water partition coefficient (Wildman–Crippen LogP) is 5.04. The number of hydrogen-bond acceptors (Lipinski definition) is 6. The Bertz CT molecular complexity index is 1110. The van der Waals surface area contributed by atoms with Gasteiger partial charge in [0.1, 0.15) is 17.3 Å². The Kier molecular flexibility index (Phi) is 6.30. The minimum absolute atomic E-state index is 0.105. The second kappa shape index (κ2) is 8.89. The van der Waals surface area contributed by atoms with Crippen molar-refractivity contribution in [1.29, 1.82) is 0 Å². The summed E-state index contributed by atoms with van der Waals surface area (Å²) in [5, 5.41) is 15.1. The molecule has 10 heteroatoms. The normalized spacial score (nSPS) is 10.9. The fourth-order valence-electron chi connectivity index (χ4n) is 2.46. The molecule has 8 nitrogen and oxygen atoms in total. The van der Waals surface area contributed by atoms with Crippen molar-refractivity contribution in [2.24, 2.45) is 5.10 Å². The van der Waals surface area contributed by atoms with Crippen LogP contribution in [0.25, 0.3) is 11.3 Å². The summed E-state index contributed by atoms with van der Waals surface area (Å²) in [6.45, 7) is 0. The number of hydrazone groups is 1. The molecule has 0 aliphatic heterocycles. The number of furan rings is 1. The zero-order chi connectivity index (χ0) is 21.0. The Morgan fingerprint density at radius 1 is 1.28 bits per heavy atom. The Labute approximate surface area is 178 Å². The van der Waals surface area contributed by atoms with Crippen LogP contribution in [0.3, 0.4) is 0 Å². The van der Waals surface area contributed by atoms with Gasteiger partial charge >= 0.3 is 0 Å². The van der Waals surface area contributed by atoms with Crippen molar-refractivity contribution in [3.63, 3.8) is 0 Å². The maximum atomic E-state index is 12.3. The largest absolute Gasteiger partial charge is 0.496 e. The molecule has 1 heterocycles. The number of nitro groups is 1. The zero-order valence-electron chi connectivity index (χ0n) is 14.9. The SMILES string of the molecule is COc1ccc(Br)cc1C(=O)N/N=C\c1ccc(-c2cc([N+](=O)[O-])ccc2Cl)o1. The fraction of sp³-hybridized carbons (Fsp3) is 0.0526. The average molecular weight is 479 g/mol. The third-order valence-electron chi connectivity index (χ3n) is 3.82. The predicted molar refractivity (Wildman–Crippen MR) is 112 cm³/mol. The minimum Gasteiger partial charge on any atom is -0.496 e. The van der Waals surface area contributed by atoms with Gasteiger partial charge in [-0.05, 0) is 36.4 Å². The molecule has 2 aromatic carbocycles. The number of carbonyl (C=O) groups is 1. The number of halogens is 2. The molecule has 0 saturated carbocycles. The molecular weight excluding hydrogens is 466 g/mol. The topological polar surface area (TPSA) is 107 Å². The van der Waals surface area contributed by atoms with E-state index in [0.29, 0.717) is 33.4 Å². The minimum atomic E-state index is -0.517. The van der Waals surface area contributed by atoms with Gasteiger partial charge in [-0.2, -0.15) is 5.10 Å². The van der Waals surface area contributed by atoms with Crippen molar-refractivity contribution in [2.45, 2.75) is 0 Å². The van der Waals surface area contributed by atoms with Crippen LogP contribution < -0.4 is 10.2 Å². The van der Waals surface area contributed by atoms with Crippen LogP contribution in [-0.2, 0) is 0 Å². The van der Waals surface area contributed by atoms with Crippen LogP contribution in [0.15, 0.2) is 62.5 Å². The molecule has 1 aromatic heterocycles. The molecule has 0 bridgehead atoms. The highest BCUT2D eigenvalue weighted by Crippen LogP contribution is 2.32. The molecule has 0 spiro atoms. The summed E-state index contributed by atoms with van der Waals surface area (Å²) in [5.74, 6) is 0.596. The number of hydrogen-bond donors (Lipinski definition) is 1. The van der Waals surface area contributed by atoms with Gasteiger partial charge in [-0.3, -0.25) is 14.9 Å². The van der Waals surface area contributed by atoms with Crippen molar-refractivity contribution in [3.05, 3.63) is 79.5 Å². The molecule has 1 amide bonds. The molecule has 3 aromatic rings. The van der Waals surface area contributed by atoms with Crippen LogP contribution in [0.4, 0.5) is 5.69 Å². The molecule has 0 saturated heterocycles. The number of nitro benzene ring substituents is 1. The summed E-state index contributed by atoms with van der Waals surface area (Å²) in [7, 11) is 1.46. The van der Waals surface area contributed by atoms with Crippen molar-refractivity contribution in [2.75, 3.05) is 7.11 Å². The highest BCUT2D eigenvalue weighted by molar-refractivity contribution is 9.10. The molecule has 3 rings (SSSR count). The van der Waals surface area contributed by atoms with E-state index in [1.165, 1.54) is 31.5 Å². The lowest BCUT2D eigenvalue weighted by molar-refractivity contribution is -0.384. The zero-order valence-corrected chi connectivity index (χ0v) is 17.2. The van der Waals surface area contributed by atoms with Gasteiger partial charge in [0.15, 0.2) is 0 Å². The summed E-state index contributed by atoms with van der Waals surface area (Å²) >= 11 is 9.41. The lowest BCUT2D eigenvalue weighted by Gasteiger charge is -2.07. The van der Waals surface area contributed by atoms with Crippen molar-refractivity contribution in [1.82, 2.24) is 5.43 Å². The van der Waals surface area contributed by atoms with E-state index in [9.17, 15) is 14.9 Å². The van der Waals surface area contributed by atoms with E-state index in [1.807, 2.05) is 0 Å². The van der Waals surface area contributed by atoms with Gasteiger partial charge in [-0.15, -0.1) is 0 Å². The lowest BCUT2D eigenvalue weighted by Crippen LogP contribution is -2.18. The third kappa shape index (κ3) is 4.82. The molecule has 1 N–H and O–H groups in total. The highest BCUT2D eigenvalue weighted by atomic mass is 79.9. The maximum Gasteiger partial charge on any atom is 0.275 e. The molecule has 0 radical (unpaired) electrons. The molecule has 0 aliphatic carbocycles. The van der Waals surface area contributed by atoms with Crippen LogP contribution in [-0.4, -0.2) is 24.2 Å². The van der Waals surface area contributed by atoms with Crippen molar-refractivity contribution < 1.29 is 18.9 Å². The summed E-state index contributed by atoms with van der Waals surface area (Å²) < 4.78 is 11.5. The van der Waals surface area contributed by atoms with Gasteiger partial charge in [0.05, 0.1) is 28.8 Å². The Morgan fingerprint density at radius 2 is 2.07 bits per heavy atom. The molecule has 0 aliphatic rings. The van der Waals surface area contributed by atoms with E-state index in [4.69, 9.17) is 20.8 Å². The number of rotatable bonds is 6. The second-order valence-electron chi connectivity index (χ2n) is 5.67. The number of nitrogens with one attached hydrogen (secondary N) is 1. The number of amides is 1. The first-order valence-corrected chi connectivity index (χ1v) is 9.27. The molecular formula is C19H13BrClN3O5. The highest BCUT2D eigenvalue weighted by Gasteiger charge is 2.15. The standard InChI is InChI=1S/C19H13BrClN3O5/c1-28-17-6-2-11(20)8-15(17)19(25)23-22-10-13-4-7-18(29-13)14-9-12(24(26)27)3-5-16(14)21/h2-10H,1H3,(H,23,25)/b22-10-. The number of nitrogens with zero attached hydrogens (tertiary/aromatic N) is 2. The Morgan fingerprint density at radius 3 is 2.79 bits per heavy atom. The number of methoxy groups -OCH3 is 1. The van der Waals surface area contributed by atoms with E-state index in [1.54, 1.807) is 30.3 Å². The molecule has 148 valence electrons. The van der Waals surface area contributed by atoms with Gasteiger partial charge < -0.3 is 9.15 Å². The van der Waals surface area contributed by atoms with Gasteiger partial charge in [-0.1, -0.05) is 27.5 Å². The Hall–Kier alpha value is -3.17. The van der Waals surface area contributed by atoms with Crippen LogP contribution >= 0.6 is 27.5 Å². The number of non-ortho nitro benzene ring substituents is 1. The monoisotopic (exact) mass is 477 g/mol. The smallest absolute Gasteiger partial charge is 0.275 e. The van der Waals surface area contributed by atoms with Crippen LogP contribution in [0.1, 0.15) is 16.1 Å². The Balaban J connectivity index is 1.75. The van der Waals surface area contributed by atoms with E-state index in [0.717, 1.165) is 4.47 Å². The fourth-order valence-corrected chi connectivity index (χ4v) is 3.03. The van der Waals surface area contributed by atoms with E-state index >= 15 is 0 Å². The average Bonchev–Trinajstić information content (AvgIpc) is 3.16. The van der Waals surface area contributed by atoms with Gasteiger partial charge in [0.2, 0.25) is 0 Å². The van der Waals surface area contributed by atoms with Gasteiger partial charge in [0.25, 0.3) is 11.6 Å². The first-order valence-electron chi connectivity index (χ1n) is 8.10.